The fraction of sp³-hybridized carbons (Fsp3) is 0.976. The zero-order valence-corrected chi connectivity index (χ0v) is 31.9. The van der Waals surface area contributed by atoms with E-state index in [4.69, 9.17) is 5.73 Å². The Morgan fingerprint density at radius 3 is 0.894 bits per heavy atom. The molecule has 0 aromatic rings. The average molecular weight is 668 g/mol. The van der Waals surface area contributed by atoms with Crippen LogP contribution in [-0.4, -0.2) is 39.5 Å². The van der Waals surface area contributed by atoms with Crippen LogP contribution in [0.1, 0.15) is 239 Å². The van der Waals surface area contributed by atoms with Crippen LogP contribution in [0.2, 0.25) is 0 Å². The summed E-state index contributed by atoms with van der Waals surface area (Å²) in [5.41, 5.74) is 5.69. The monoisotopic (exact) mass is 668 g/mol. The molecule has 0 aromatic carbocycles. The highest BCUT2D eigenvalue weighted by atomic mass is 16.3. The normalized spacial score (nSPS) is 14.3. The summed E-state index contributed by atoms with van der Waals surface area (Å²) in [6, 6.07) is 0. The van der Waals surface area contributed by atoms with E-state index in [0.29, 0.717) is 12.8 Å². The van der Waals surface area contributed by atoms with Crippen LogP contribution in [0, 0.1) is 5.92 Å². The van der Waals surface area contributed by atoms with Crippen molar-refractivity contribution in [1.29, 1.82) is 0 Å². The predicted octanol–water partition coefficient (Wildman–Crippen LogP) is 11.9. The SMILES string of the molecule is CCCCCCCCCCCCCCCCCCCCCC[C@@H](O)C(=O)[C@H](C(N)O)[C@H](O)CCCCCCCCCCCCCCC. The van der Waals surface area contributed by atoms with Gasteiger partial charge < -0.3 is 21.1 Å². The molecule has 0 fully saturated rings. The maximum Gasteiger partial charge on any atom is 0.170 e. The van der Waals surface area contributed by atoms with E-state index >= 15 is 0 Å². The van der Waals surface area contributed by atoms with Crippen molar-refractivity contribution in [3.05, 3.63) is 0 Å². The number of rotatable bonds is 39. The van der Waals surface area contributed by atoms with Crippen molar-refractivity contribution in [2.75, 3.05) is 0 Å². The number of hydrogen-bond donors (Lipinski definition) is 4. The molecular weight excluding hydrogens is 582 g/mol. The molecule has 0 saturated heterocycles. The Hall–Kier alpha value is -0.490. The minimum Gasteiger partial charge on any atom is -0.392 e. The zero-order chi connectivity index (χ0) is 34.6. The first-order valence-electron chi connectivity index (χ1n) is 21.3. The summed E-state index contributed by atoms with van der Waals surface area (Å²) in [6.07, 6.45) is 39.9. The summed E-state index contributed by atoms with van der Waals surface area (Å²) in [4.78, 5) is 12.8. The Labute approximate surface area is 294 Å². The second kappa shape index (κ2) is 36.8. The van der Waals surface area contributed by atoms with Crippen LogP contribution in [0.5, 0.6) is 0 Å². The molecule has 0 saturated carbocycles. The largest absolute Gasteiger partial charge is 0.392 e. The van der Waals surface area contributed by atoms with Crippen LogP contribution in [0.25, 0.3) is 0 Å². The lowest BCUT2D eigenvalue weighted by atomic mass is 9.87. The van der Waals surface area contributed by atoms with Crippen LogP contribution in [-0.2, 0) is 4.79 Å². The van der Waals surface area contributed by atoms with Gasteiger partial charge in [0.1, 0.15) is 12.3 Å². The summed E-state index contributed by atoms with van der Waals surface area (Å²) in [5, 5.41) is 31.2. The molecule has 0 amide bonds. The van der Waals surface area contributed by atoms with Gasteiger partial charge in [-0.25, -0.2) is 0 Å². The van der Waals surface area contributed by atoms with Crippen LogP contribution >= 0.6 is 0 Å². The van der Waals surface area contributed by atoms with Crippen molar-refractivity contribution in [3.8, 4) is 0 Å². The van der Waals surface area contributed by atoms with E-state index in [1.54, 1.807) is 0 Å². The van der Waals surface area contributed by atoms with Crippen molar-refractivity contribution in [1.82, 2.24) is 0 Å². The lowest BCUT2D eigenvalue weighted by Gasteiger charge is -2.26. The van der Waals surface area contributed by atoms with Crippen LogP contribution in [0.3, 0.4) is 0 Å². The number of aliphatic hydroxyl groups is 3. The summed E-state index contributed by atoms with van der Waals surface area (Å²) < 4.78 is 0. The Kier molecular flexibility index (Phi) is 36.4. The average Bonchev–Trinajstić information content (AvgIpc) is 3.05. The molecule has 4 atom stereocenters. The Morgan fingerprint density at radius 2 is 0.638 bits per heavy atom. The molecule has 0 heterocycles. The smallest absolute Gasteiger partial charge is 0.170 e. The highest BCUT2D eigenvalue weighted by molar-refractivity contribution is 5.86. The van der Waals surface area contributed by atoms with Crippen LogP contribution < -0.4 is 5.73 Å². The first kappa shape index (κ1) is 46.5. The third-order valence-electron chi connectivity index (χ3n) is 10.4. The first-order valence-corrected chi connectivity index (χ1v) is 21.3. The third kappa shape index (κ3) is 31.2. The predicted molar refractivity (Wildman–Crippen MR) is 204 cm³/mol. The summed E-state index contributed by atoms with van der Waals surface area (Å²) in [5.74, 6) is -1.60. The van der Waals surface area contributed by atoms with E-state index in [1.807, 2.05) is 0 Å². The molecular formula is C42H85NO4. The number of unbranched alkanes of at least 4 members (excludes halogenated alkanes) is 31. The Balaban J connectivity index is 3.70. The van der Waals surface area contributed by atoms with E-state index < -0.39 is 30.1 Å². The van der Waals surface area contributed by atoms with Gasteiger partial charge in [0.2, 0.25) is 0 Å². The zero-order valence-electron chi connectivity index (χ0n) is 31.9. The number of nitrogens with two attached hydrogens (primary N) is 1. The molecule has 0 aliphatic heterocycles. The lowest BCUT2D eigenvalue weighted by molar-refractivity contribution is -0.140. The number of hydrogen-bond acceptors (Lipinski definition) is 5. The molecule has 1 unspecified atom stereocenters. The second-order valence-corrected chi connectivity index (χ2v) is 15.0. The van der Waals surface area contributed by atoms with Crippen molar-refractivity contribution in [2.24, 2.45) is 11.7 Å². The third-order valence-corrected chi connectivity index (χ3v) is 10.4. The molecule has 0 bridgehead atoms. The van der Waals surface area contributed by atoms with Crippen molar-refractivity contribution >= 4 is 5.78 Å². The summed E-state index contributed by atoms with van der Waals surface area (Å²) in [7, 11) is 0. The van der Waals surface area contributed by atoms with Gasteiger partial charge in [0.05, 0.1) is 12.0 Å². The molecule has 282 valence electrons. The number of carbonyl (C=O) groups excluding carboxylic acids is 1. The molecule has 0 aliphatic rings. The molecule has 0 spiro atoms. The Morgan fingerprint density at radius 1 is 0.404 bits per heavy atom. The van der Waals surface area contributed by atoms with E-state index in [1.165, 1.54) is 173 Å². The number of aliphatic hydroxyl groups excluding tert-OH is 3. The fourth-order valence-corrected chi connectivity index (χ4v) is 7.09. The molecule has 5 heteroatoms. The number of ketones is 1. The molecule has 47 heavy (non-hydrogen) atoms. The molecule has 0 aromatic heterocycles. The van der Waals surface area contributed by atoms with Crippen molar-refractivity contribution in [2.45, 2.75) is 257 Å². The highest BCUT2D eigenvalue weighted by Gasteiger charge is 2.34. The number of carbonyl (C=O) groups is 1. The van der Waals surface area contributed by atoms with Gasteiger partial charge >= 0.3 is 0 Å². The van der Waals surface area contributed by atoms with Gasteiger partial charge in [-0.1, -0.05) is 226 Å². The maximum absolute atomic E-state index is 12.8. The van der Waals surface area contributed by atoms with Gasteiger partial charge in [-0.05, 0) is 12.8 Å². The summed E-state index contributed by atoms with van der Waals surface area (Å²) in [6.45, 7) is 4.54. The van der Waals surface area contributed by atoms with Gasteiger partial charge in [-0.2, -0.15) is 0 Å². The molecule has 5 nitrogen and oxygen atoms in total. The number of Topliss-reactive ketones (excluding diaryl/α,β-unsaturated/α-hetero) is 1. The van der Waals surface area contributed by atoms with E-state index in [-0.39, 0.29) is 0 Å². The van der Waals surface area contributed by atoms with Crippen molar-refractivity contribution < 1.29 is 20.1 Å². The molecule has 0 aliphatic carbocycles. The van der Waals surface area contributed by atoms with Gasteiger partial charge in [-0.15, -0.1) is 0 Å². The lowest BCUT2D eigenvalue weighted by Crippen LogP contribution is -2.47. The van der Waals surface area contributed by atoms with E-state index in [9.17, 15) is 20.1 Å². The molecule has 0 radical (unpaired) electrons. The van der Waals surface area contributed by atoms with E-state index in [0.717, 1.165) is 38.5 Å². The quantitative estimate of drug-likeness (QED) is 0.0386. The van der Waals surface area contributed by atoms with Gasteiger partial charge in [0, 0.05) is 0 Å². The second-order valence-electron chi connectivity index (χ2n) is 15.0. The Bertz CT molecular complexity index is 628. The standard InChI is InChI=1S/C42H85NO4/c1-3-5-7-9-11-13-15-17-18-19-20-21-22-23-25-27-29-31-33-35-37-39(45)41(46)40(42(43)47)38(44)36-34-32-30-28-26-24-16-14-12-10-8-6-4-2/h38-40,42,44-45,47H,3-37,43H2,1-2H3/t38-,39-,40-,42?/m1/s1. The minimum absolute atomic E-state index is 0.381. The minimum atomic E-state index is -1.44. The first-order chi connectivity index (χ1) is 23.0. The van der Waals surface area contributed by atoms with Gasteiger partial charge in [0.25, 0.3) is 0 Å². The molecule has 5 N–H and O–H groups in total. The van der Waals surface area contributed by atoms with Gasteiger partial charge in [0.15, 0.2) is 5.78 Å². The van der Waals surface area contributed by atoms with Crippen LogP contribution in [0.15, 0.2) is 0 Å². The molecule has 0 rings (SSSR count). The highest BCUT2D eigenvalue weighted by Crippen LogP contribution is 2.21. The van der Waals surface area contributed by atoms with Gasteiger partial charge in [-0.3, -0.25) is 4.79 Å². The maximum atomic E-state index is 12.8. The summed E-state index contributed by atoms with van der Waals surface area (Å²) >= 11 is 0. The van der Waals surface area contributed by atoms with E-state index in [2.05, 4.69) is 13.8 Å². The topological polar surface area (TPSA) is 104 Å². The van der Waals surface area contributed by atoms with Crippen LogP contribution in [0.4, 0.5) is 0 Å². The fourth-order valence-electron chi connectivity index (χ4n) is 7.09. The van der Waals surface area contributed by atoms with Crippen molar-refractivity contribution in [3.63, 3.8) is 0 Å².